The minimum absolute atomic E-state index is 0.298. The highest BCUT2D eigenvalue weighted by atomic mass is 79.9. The Labute approximate surface area is 387 Å². The van der Waals surface area contributed by atoms with E-state index in [4.69, 9.17) is 14.2 Å². The number of unbranched alkanes of at least 4 members (excludes halogenated alkanes) is 6. The molecular formula is C49H62Br2F2N6O4. The molecule has 340 valence electrons. The predicted molar refractivity (Wildman–Crippen MR) is 258 cm³/mol. The number of carbonyl (C=O) groups excluding carboxylic acids is 1. The van der Waals surface area contributed by atoms with Gasteiger partial charge in [0.2, 0.25) is 0 Å². The number of aromatic nitrogens is 4. The number of fused-ring (bicyclic) bond motifs is 2. The van der Waals surface area contributed by atoms with Gasteiger partial charge in [0, 0.05) is 69.7 Å². The molecule has 10 nitrogen and oxygen atoms in total. The Morgan fingerprint density at radius 3 is 1.57 bits per heavy atom. The second-order valence-electron chi connectivity index (χ2n) is 16.5. The van der Waals surface area contributed by atoms with Gasteiger partial charge in [0.25, 0.3) is 0 Å². The van der Waals surface area contributed by atoms with Crippen LogP contribution in [0.3, 0.4) is 0 Å². The largest absolute Gasteiger partial charge is 0.493 e. The van der Waals surface area contributed by atoms with Crippen LogP contribution in [0.5, 0.6) is 11.5 Å². The van der Waals surface area contributed by atoms with E-state index < -0.39 is 5.60 Å². The monoisotopic (exact) mass is 994 g/mol. The van der Waals surface area contributed by atoms with Crippen molar-refractivity contribution in [3.05, 3.63) is 93.4 Å². The Hall–Kier alpha value is -4.53. The lowest BCUT2D eigenvalue weighted by atomic mass is 10.1. The molecule has 0 atom stereocenters. The SMILES string of the molecule is CCn1nc(-c2ccc(OCCCCCCN(C)C(=O)OC(C)(C)C)cc2F)c2ccc(Br)cc21.CCn1nc(-c2ccc(OCCCCCCNC)cc2F)c2ccc(Br)cc21. The molecule has 0 saturated carbocycles. The molecule has 14 heteroatoms. The van der Waals surface area contributed by atoms with Crippen molar-refractivity contribution in [3.8, 4) is 34.0 Å². The molecule has 0 aliphatic rings. The van der Waals surface area contributed by atoms with Crippen LogP contribution in [0.25, 0.3) is 44.3 Å². The number of amides is 1. The number of ether oxygens (including phenoxy) is 3. The number of aryl methyl sites for hydroxylation is 2. The van der Waals surface area contributed by atoms with Gasteiger partial charge in [-0.3, -0.25) is 9.36 Å². The van der Waals surface area contributed by atoms with E-state index in [0.29, 0.717) is 60.3 Å². The molecule has 6 aromatic rings. The van der Waals surface area contributed by atoms with E-state index in [0.717, 1.165) is 82.4 Å². The normalized spacial score (nSPS) is 11.5. The highest BCUT2D eigenvalue weighted by molar-refractivity contribution is 9.10. The molecule has 0 aliphatic carbocycles. The van der Waals surface area contributed by atoms with Gasteiger partial charge in [-0.15, -0.1) is 0 Å². The Kier molecular flexibility index (Phi) is 18.8. The summed E-state index contributed by atoms with van der Waals surface area (Å²) in [4.78, 5) is 13.6. The number of benzene rings is 4. The first-order valence-corrected chi connectivity index (χ1v) is 23.6. The molecule has 2 aromatic heterocycles. The van der Waals surface area contributed by atoms with Crippen LogP contribution in [0.4, 0.5) is 13.6 Å². The molecule has 0 unspecified atom stereocenters. The van der Waals surface area contributed by atoms with Crippen LogP contribution in [0.1, 0.15) is 86.0 Å². The minimum Gasteiger partial charge on any atom is -0.493 e. The number of halogens is 4. The number of nitrogens with zero attached hydrogens (tertiary/aromatic N) is 5. The van der Waals surface area contributed by atoms with Gasteiger partial charge in [0.15, 0.2) is 0 Å². The standard InChI is InChI=1S/C27H35BrFN3O3.C22H27BrFN3O/c1-6-32-24-17-19(28)11-13-22(24)25(30-32)21-14-12-20(18-23(21)29)34-16-10-8-7-9-15-31(5)26(33)35-27(2,3)4;1-3-27-21-14-16(23)8-10-19(21)22(26-27)18-11-9-17(15-20(18)24)28-13-7-5-4-6-12-25-2/h11-14,17-18H,6-10,15-16H2,1-5H3;8-11,14-15,25H,3-7,12-13H2,1-2H3. The number of hydrogen-bond acceptors (Lipinski definition) is 7. The van der Waals surface area contributed by atoms with Crippen LogP contribution in [0.15, 0.2) is 81.7 Å². The zero-order valence-corrected chi connectivity index (χ0v) is 40.9. The fourth-order valence-corrected chi connectivity index (χ4v) is 7.80. The maximum Gasteiger partial charge on any atom is 0.410 e. The van der Waals surface area contributed by atoms with Crippen LogP contribution < -0.4 is 14.8 Å². The third kappa shape index (κ3) is 14.2. The fourth-order valence-electron chi connectivity index (χ4n) is 7.10. The average molecular weight is 997 g/mol. The van der Waals surface area contributed by atoms with Gasteiger partial charge in [-0.25, -0.2) is 13.6 Å². The molecule has 0 saturated heterocycles. The van der Waals surface area contributed by atoms with E-state index in [1.54, 1.807) is 30.1 Å². The van der Waals surface area contributed by atoms with Gasteiger partial charge in [0.1, 0.15) is 40.1 Å². The summed E-state index contributed by atoms with van der Waals surface area (Å²) in [5.41, 5.74) is 3.74. The quantitative estimate of drug-likeness (QED) is 0.0761. The molecule has 0 fully saturated rings. The van der Waals surface area contributed by atoms with Gasteiger partial charge < -0.3 is 24.4 Å². The number of carbonyl (C=O) groups is 1. The molecule has 1 N–H and O–H groups in total. The van der Waals surface area contributed by atoms with E-state index in [9.17, 15) is 13.6 Å². The summed E-state index contributed by atoms with van der Waals surface area (Å²) in [7, 11) is 3.72. The third-order valence-corrected chi connectivity index (χ3v) is 11.4. The topological polar surface area (TPSA) is 95.7 Å². The van der Waals surface area contributed by atoms with Crippen molar-refractivity contribution in [2.75, 3.05) is 40.4 Å². The van der Waals surface area contributed by atoms with Crippen molar-refractivity contribution in [1.29, 1.82) is 0 Å². The number of rotatable bonds is 20. The molecule has 1 amide bonds. The first-order chi connectivity index (χ1) is 30.2. The van der Waals surface area contributed by atoms with Crippen LogP contribution in [0, 0.1) is 11.6 Å². The second-order valence-corrected chi connectivity index (χ2v) is 18.3. The summed E-state index contributed by atoms with van der Waals surface area (Å²) in [6.45, 7) is 13.9. The first-order valence-electron chi connectivity index (χ1n) is 22.0. The van der Waals surface area contributed by atoms with Gasteiger partial charge in [0.05, 0.1) is 24.2 Å². The van der Waals surface area contributed by atoms with Crippen LogP contribution >= 0.6 is 31.9 Å². The van der Waals surface area contributed by atoms with E-state index in [1.165, 1.54) is 25.0 Å². The molecule has 0 radical (unpaired) electrons. The summed E-state index contributed by atoms with van der Waals surface area (Å²) in [5, 5.41) is 14.3. The number of hydrogen-bond donors (Lipinski definition) is 1. The lowest BCUT2D eigenvalue weighted by Gasteiger charge is -2.24. The zero-order chi connectivity index (χ0) is 45.5. The highest BCUT2D eigenvalue weighted by Crippen LogP contribution is 2.35. The number of nitrogens with one attached hydrogen (secondary N) is 1. The van der Waals surface area contributed by atoms with Crippen molar-refractivity contribution in [1.82, 2.24) is 29.8 Å². The summed E-state index contributed by atoms with van der Waals surface area (Å²) >= 11 is 7.00. The molecule has 6 rings (SSSR count). The Bertz CT molecular complexity index is 2410. The van der Waals surface area contributed by atoms with Gasteiger partial charge in [-0.2, -0.15) is 10.2 Å². The Balaban J connectivity index is 0.000000243. The summed E-state index contributed by atoms with van der Waals surface area (Å²) in [6, 6.07) is 21.9. The lowest BCUT2D eigenvalue weighted by Crippen LogP contribution is -2.34. The molecule has 0 spiro atoms. The highest BCUT2D eigenvalue weighted by Gasteiger charge is 2.20. The summed E-state index contributed by atoms with van der Waals surface area (Å²) in [5.74, 6) is 0.423. The lowest BCUT2D eigenvalue weighted by molar-refractivity contribution is 0.0296. The van der Waals surface area contributed by atoms with E-state index >= 15 is 0 Å². The van der Waals surface area contributed by atoms with Gasteiger partial charge in [-0.05, 0) is 135 Å². The van der Waals surface area contributed by atoms with Crippen molar-refractivity contribution < 1.29 is 27.8 Å². The summed E-state index contributed by atoms with van der Waals surface area (Å²) < 4.78 is 52.4. The van der Waals surface area contributed by atoms with E-state index in [1.807, 2.05) is 93.5 Å². The van der Waals surface area contributed by atoms with Crippen molar-refractivity contribution in [2.45, 2.75) is 105 Å². The average Bonchev–Trinajstić information content (AvgIpc) is 3.79. The smallest absolute Gasteiger partial charge is 0.410 e. The van der Waals surface area contributed by atoms with Crippen LogP contribution in [-0.4, -0.2) is 76.6 Å². The molecule has 4 aromatic carbocycles. The summed E-state index contributed by atoms with van der Waals surface area (Å²) in [6.07, 6.45) is 7.87. The molecule has 2 heterocycles. The Morgan fingerprint density at radius 1 is 0.683 bits per heavy atom. The van der Waals surface area contributed by atoms with E-state index in [2.05, 4.69) is 47.4 Å². The van der Waals surface area contributed by atoms with E-state index in [-0.39, 0.29) is 17.7 Å². The first kappa shape index (κ1) is 49.5. The van der Waals surface area contributed by atoms with Crippen LogP contribution in [0.2, 0.25) is 0 Å². The van der Waals surface area contributed by atoms with Crippen molar-refractivity contribution >= 4 is 59.8 Å². The maximum atomic E-state index is 15.0. The molecular weight excluding hydrogens is 934 g/mol. The third-order valence-electron chi connectivity index (χ3n) is 10.4. The minimum atomic E-state index is -0.483. The maximum absolute atomic E-state index is 15.0. The van der Waals surface area contributed by atoms with Crippen molar-refractivity contribution in [2.24, 2.45) is 0 Å². The van der Waals surface area contributed by atoms with Gasteiger partial charge >= 0.3 is 6.09 Å². The van der Waals surface area contributed by atoms with Crippen LogP contribution in [-0.2, 0) is 17.8 Å². The molecule has 0 bridgehead atoms. The predicted octanol–water partition coefficient (Wildman–Crippen LogP) is 13.2. The molecule has 63 heavy (non-hydrogen) atoms. The fraction of sp³-hybridized carbons (Fsp3) is 0.449. The molecule has 0 aliphatic heterocycles. The zero-order valence-electron chi connectivity index (χ0n) is 37.7. The van der Waals surface area contributed by atoms with Crippen molar-refractivity contribution in [3.63, 3.8) is 0 Å². The second kappa shape index (κ2) is 24.0. The Morgan fingerprint density at radius 2 is 1.14 bits per heavy atom. The van der Waals surface area contributed by atoms with Gasteiger partial charge in [-0.1, -0.05) is 57.5 Å².